The van der Waals surface area contributed by atoms with Crippen molar-refractivity contribution in [2.45, 2.75) is 129 Å². The normalized spacial score (nSPS) is 18.5. The number of benzene rings is 1. The van der Waals surface area contributed by atoms with Gasteiger partial charge in [-0.15, -0.1) is 0 Å². The number of carboxylic acid groups (broad SMARTS) is 1. The highest BCUT2D eigenvalue weighted by molar-refractivity contribution is 5.92. The Morgan fingerprint density at radius 1 is 1.02 bits per heavy atom. The van der Waals surface area contributed by atoms with E-state index in [1.165, 1.54) is 14.2 Å². The number of amides is 4. The summed E-state index contributed by atoms with van der Waals surface area (Å²) in [4.78, 5) is 69.9. The van der Waals surface area contributed by atoms with Crippen molar-refractivity contribution in [3.63, 3.8) is 0 Å². The van der Waals surface area contributed by atoms with Crippen molar-refractivity contribution in [3.05, 3.63) is 35.9 Å². The van der Waals surface area contributed by atoms with Gasteiger partial charge in [0.25, 0.3) is 0 Å². The number of nitrogens with one attached hydrogen (secondary N) is 2. The van der Waals surface area contributed by atoms with Crippen LogP contribution in [0.25, 0.3) is 0 Å². The molecular formula is C38H63N5O8. The predicted octanol–water partition coefficient (Wildman–Crippen LogP) is 2.99. The smallest absolute Gasteiger partial charge is 0.326 e. The van der Waals surface area contributed by atoms with E-state index in [-0.39, 0.29) is 36.5 Å². The molecule has 2 rings (SSSR count). The monoisotopic (exact) mass is 717 g/mol. The van der Waals surface area contributed by atoms with Crippen LogP contribution in [0.4, 0.5) is 0 Å². The van der Waals surface area contributed by atoms with Gasteiger partial charge in [0, 0.05) is 34.2 Å². The maximum Gasteiger partial charge on any atom is 0.326 e. The molecule has 0 aliphatic carbocycles. The molecule has 0 saturated carbocycles. The van der Waals surface area contributed by atoms with Gasteiger partial charge in [0.15, 0.2) is 0 Å². The Hall–Kier alpha value is -3.55. The number of aliphatic carboxylic acids is 1. The third kappa shape index (κ3) is 11.7. The standard InChI is InChI=1S/C38H63N5O8/c1-11-26(12-2)32(42(8)35(46)31(23(3)4)41-37(49)38(6,7)39)29(50-9)22-30(44)43-20-16-19-28(43)33(51-10)24(5)34(45)40-27(36(47)48)21-25-17-14-13-15-18-25/h13-15,17-18,23-24,26-29,31-33H,11-12,16,19-22,39H2,1-10H3,(H,40,45)(H,41,49)(H,47,48). The van der Waals surface area contributed by atoms with Crippen LogP contribution in [0.5, 0.6) is 0 Å². The van der Waals surface area contributed by atoms with Crippen molar-refractivity contribution < 1.29 is 38.6 Å². The summed E-state index contributed by atoms with van der Waals surface area (Å²) >= 11 is 0. The summed E-state index contributed by atoms with van der Waals surface area (Å²) < 4.78 is 11.9. The van der Waals surface area contributed by atoms with E-state index in [9.17, 15) is 29.1 Å². The van der Waals surface area contributed by atoms with Gasteiger partial charge in [0.2, 0.25) is 23.6 Å². The molecule has 0 spiro atoms. The molecule has 1 fully saturated rings. The summed E-state index contributed by atoms with van der Waals surface area (Å²) in [5.74, 6) is -3.53. The molecule has 1 aromatic rings. The van der Waals surface area contributed by atoms with E-state index in [0.717, 1.165) is 18.4 Å². The fourth-order valence-corrected chi connectivity index (χ4v) is 7.12. The number of rotatable bonds is 20. The van der Waals surface area contributed by atoms with Gasteiger partial charge < -0.3 is 40.7 Å². The van der Waals surface area contributed by atoms with Crippen LogP contribution in [0.3, 0.4) is 0 Å². The SMILES string of the molecule is CCC(CC)C(C(CC(=O)N1CCCC1C(OC)C(C)C(=O)NC(Cc1ccccc1)C(=O)O)OC)N(C)C(=O)C(NC(=O)C(C)(C)N)C(C)C. The average Bonchev–Trinajstić information content (AvgIpc) is 3.57. The molecule has 1 saturated heterocycles. The summed E-state index contributed by atoms with van der Waals surface area (Å²) in [7, 11) is 4.72. The number of carbonyl (C=O) groups excluding carboxylic acids is 4. The molecule has 288 valence electrons. The summed E-state index contributed by atoms with van der Waals surface area (Å²) in [6.07, 6.45) is 1.52. The first-order valence-electron chi connectivity index (χ1n) is 18.2. The molecule has 0 bridgehead atoms. The zero-order valence-corrected chi connectivity index (χ0v) is 32.3. The van der Waals surface area contributed by atoms with Crippen LogP contribution in [0, 0.1) is 17.8 Å². The zero-order valence-electron chi connectivity index (χ0n) is 32.3. The van der Waals surface area contributed by atoms with Crippen LogP contribution in [0.2, 0.25) is 0 Å². The molecule has 7 atom stereocenters. The second kappa shape index (κ2) is 19.9. The molecule has 1 aliphatic rings. The Kier molecular flexibility index (Phi) is 17.0. The molecule has 5 N–H and O–H groups in total. The van der Waals surface area contributed by atoms with Gasteiger partial charge in [-0.2, -0.15) is 0 Å². The zero-order chi connectivity index (χ0) is 38.6. The molecule has 13 heteroatoms. The van der Waals surface area contributed by atoms with Gasteiger partial charge in [0.1, 0.15) is 12.1 Å². The maximum atomic E-state index is 14.1. The van der Waals surface area contributed by atoms with E-state index in [1.54, 1.807) is 37.6 Å². The fraction of sp³-hybridized carbons (Fsp3) is 0.711. The summed E-state index contributed by atoms with van der Waals surface area (Å²) in [6, 6.07) is 6.22. The Bertz CT molecular complexity index is 1300. The first kappa shape index (κ1) is 43.6. The Balaban J connectivity index is 2.29. The van der Waals surface area contributed by atoms with Gasteiger partial charge >= 0.3 is 5.97 Å². The molecule has 13 nitrogen and oxygen atoms in total. The topological polar surface area (TPSA) is 181 Å². The number of hydrogen-bond acceptors (Lipinski definition) is 8. The molecule has 0 radical (unpaired) electrons. The van der Waals surface area contributed by atoms with Gasteiger partial charge in [-0.1, -0.05) is 77.8 Å². The van der Waals surface area contributed by atoms with E-state index >= 15 is 0 Å². The lowest BCUT2D eigenvalue weighted by Crippen LogP contribution is -2.60. The molecule has 4 amide bonds. The third-order valence-corrected chi connectivity index (χ3v) is 10.3. The minimum Gasteiger partial charge on any atom is -0.480 e. The summed E-state index contributed by atoms with van der Waals surface area (Å²) in [5, 5.41) is 15.4. The lowest BCUT2D eigenvalue weighted by Gasteiger charge is -2.41. The quantitative estimate of drug-likeness (QED) is 0.158. The van der Waals surface area contributed by atoms with Crippen LogP contribution in [-0.2, 0) is 39.9 Å². The minimum absolute atomic E-state index is 0.00551. The van der Waals surface area contributed by atoms with Crippen LogP contribution < -0.4 is 16.4 Å². The summed E-state index contributed by atoms with van der Waals surface area (Å²) in [6.45, 7) is 13.1. The van der Waals surface area contributed by atoms with Crippen molar-refractivity contribution in [1.29, 1.82) is 0 Å². The summed E-state index contributed by atoms with van der Waals surface area (Å²) in [5.41, 5.74) is 5.63. The first-order valence-corrected chi connectivity index (χ1v) is 18.2. The van der Waals surface area contributed by atoms with Crippen LogP contribution in [0.1, 0.15) is 86.1 Å². The Labute approximate surface area is 304 Å². The van der Waals surface area contributed by atoms with Gasteiger partial charge in [-0.05, 0) is 44.1 Å². The lowest BCUT2D eigenvalue weighted by atomic mass is 9.86. The highest BCUT2D eigenvalue weighted by atomic mass is 16.5. The van der Waals surface area contributed by atoms with Gasteiger partial charge in [-0.3, -0.25) is 19.2 Å². The fourth-order valence-electron chi connectivity index (χ4n) is 7.12. The largest absolute Gasteiger partial charge is 0.480 e. The van der Waals surface area contributed by atoms with Gasteiger partial charge in [-0.25, -0.2) is 4.79 Å². The number of methoxy groups -OCH3 is 2. The second-order valence-corrected chi connectivity index (χ2v) is 14.8. The number of ether oxygens (including phenoxy) is 2. The van der Waals surface area contributed by atoms with Crippen molar-refractivity contribution in [3.8, 4) is 0 Å². The highest BCUT2D eigenvalue weighted by Gasteiger charge is 2.43. The molecule has 7 unspecified atom stereocenters. The molecule has 51 heavy (non-hydrogen) atoms. The first-order chi connectivity index (χ1) is 23.9. The number of likely N-dealkylation sites (tertiary alicyclic amines) is 1. The minimum atomic E-state index is -1.17. The van der Waals surface area contributed by atoms with Crippen molar-refractivity contribution in [2.24, 2.45) is 23.5 Å². The number of carbonyl (C=O) groups is 5. The van der Waals surface area contributed by atoms with Crippen LogP contribution in [0.15, 0.2) is 30.3 Å². The molecule has 1 heterocycles. The number of carboxylic acids is 1. The van der Waals surface area contributed by atoms with Crippen molar-refractivity contribution in [2.75, 3.05) is 27.8 Å². The highest BCUT2D eigenvalue weighted by Crippen LogP contribution is 2.30. The molecule has 0 aromatic heterocycles. The van der Waals surface area contributed by atoms with Crippen LogP contribution in [-0.4, -0.2) is 114 Å². The van der Waals surface area contributed by atoms with E-state index in [2.05, 4.69) is 10.6 Å². The third-order valence-electron chi connectivity index (χ3n) is 10.3. The number of hydrogen-bond donors (Lipinski definition) is 4. The van der Waals surface area contributed by atoms with Crippen LogP contribution >= 0.6 is 0 Å². The number of likely N-dealkylation sites (N-methyl/N-ethyl adjacent to an activating group) is 1. The van der Waals surface area contributed by atoms with E-state index in [4.69, 9.17) is 15.2 Å². The predicted molar refractivity (Wildman–Crippen MR) is 195 cm³/mol. The van der Waals surface area contributed by atoms with Gasteiger partial charge in [0.05, 0.1) is 42.2 Å². The van der Waals surface area contributed by atoms with E-state index in [1.807, 2.05) is 58.0 Å². The van der Waals surface area contributed by atoms with Crippen molar-refractivity contribution in [1.82, 2.24) is 20.4 Å². The van der Waals surface area contributed by atoms with E-state index < -0.39 is 65.6 Å². The Morgan fingerprint density at radius 2 is 1.63 bits per heavy atom. The second-order valence-electron chi connectivity index (χ2n) is 14.8. The maximum absolute atomic E-state index is 14.1. The van der Waals surface area contributed by atoms with E-state index in [0.29, 0.717) is 19.4 Å². The molecular weight excluding hydrogens is 654 g/mol. The number of nitrogens with two attached hydrogens (primary N) is 1. The lowest BCUT2D eigenvalue weighted by molar-refractivity contribution is -0.148. The molecule has 1 aliphatic heterocycles. The van der Waals surface area contributed by atoms with Crippen molar-refractivity contribution >= 4 is 29.6 Å². The Morgan fingerprint density at radius 3 is 2.12 bits per heavy atom. The number of nitrogens with zero attached hydrogens (tertiary/aromatic N) is 2. The molecule has 1 aromatic carbocycles. The average molecular weight is 718 g/mol.